The monoisotopic (exact) mass is 877 g/mol. The van der Waals surface area contributed by atoms with E-state index in [1.807, 2.05) is 0 Å². The molecule has 0 fully saturated rings. The highest BCUT2D eigenvalue weighted by Crippen LogP contribution is 2.18. The SMILES string of the molecule is CCCCCCCCCCCCCCCCC(=O)O[C@H](COC(=O)CCCCCCCCCCCCCCCC(C)C)COC(=O)CCCCCCCCCCCCCC(C)C. The first-order valence-electron chi connectivity index (χ1n) is 27.7. The molecule has 0 aliphatic heterocycles. The van der Waals surface area contributed by atoms with Gasteiger partial charge in [0.1, 0.15) is 13.2 Å². The van der Waals surface area contributed by atoms with Crippen LogP contribution in [0, 0.1) is 11.8 Å². The average Bonchev–Trinajstić information content (AvgIpc) is 3.24. The second kappa shape index (κ2) is 48.9. The molecule has 0 N–H and O–H groups in total. The van der Waals surface area contributed by atoms with E-state index in [1.54, 1.807) is 0 Å². The molecule has 6 heteroatoms. The molecule has 62 heavy (non-hydrogen) atoms. The second-order valence-electron chi connectivity index (χ2n) is 20.2. The van der Waals surface area contributed by atoms with Crippen LogP contribution in [0.15, 0.2) is 0 Å². The Bertz CT molecular complexity index is 947. The normalized spacial score (nSPS) is 12.0. The standard InChI is InChI=1S/C56H108O6/c1-6-7-8-9-10-11-12-13-16-22-28-33-38-43-48-56(59)62-53(50-61-55(58)47-42-37-32-27-23-18-20-25-30-35-40-45-52(4)5)49-60-54(57)46-41-36-31-26-21-17-14-15-19-24-29-34-39-44-51(2)3/h51-53H,6-50H2,1-5H3/t53-/m1/s1. The molecule has 0 spiro atoms. The summed E-state index contributed by atoms with van der Waals surface area (Å²) in [4.78, 5) is 38.1. The molecule has 0 aliphatic rings. The molecule has 0 saturated heterocycles. The molecule has 6 nitrogen and oxygen atoms in total. The number of hydrogen-bond donors (Lipinski definition) is 0. The number of carbonyl (C=O) groups is 3. The minimum absolute atomic E-state index is 0.0630. The van der Waals surface area contributed by atoms with Gasteiger partial charge < -0.3 is 14.2 Å². The average molecular weight is 877 g/mol. The zero-order chi connectivity index (χ0) is 45.4. The van der Waals surface area contributed by atoms with Crippen LogP contribution < -0.4 is 0 Å². The van der Waals surface area contributed by atoms with Crippen molar-refractivity contribution in [2.24, 2.45) is 11.8 Å². The molecule has 0 saturated carbocycles. The number of rotatable bonds is 50. The number of ether oxygens (including phenoxy) is 3. The van der Waals surface area contributed by atoms with Crippen molar-refractivity contribution in [3.63, 3.8) is 0 Å². The van der Waals surface area contributed by atoms with Crippen molar-refractivity contribution in [1.82, 2.24) is 0 Å². The van der Waals surface area contributed by atoms with Crippen LogP contribution in [0.2, 0.25) is 0 Å². The third-order valence-electron chi connectivity index (χ3n) is 12.7. The second-order valence-corrected chi connectivity index (χ2v) is 20.2. The number of unbranched alkanes of at least 4 members (excludes halogenated alkanes) is 35. The molecule has 0 amide bonds. The predicted molar refractivity (Wildman–Crippen MR) is 266 cm³/mol. The van der Waals surface area contributed by atoms with Crippen LogP contribution in [0.5, 0.6) is 0 Å². The van der Waals surface area contributed by atoms with Crippen LogP contribution in [0.25, 0.3) is 0 Å². The molecule has 0 rings (SSSR count). The maximum atomic E-state index is 12.8. The van der Waals surface area contributed by atoms with Gasteiger partial charge in [0.05, 0.1) is 0 Å². The summed E-state index contributed by atoms with van der Waals surface area (Å²) in [6, 6.07) is 0. The quantitative estimate of drug-likeness (QED) is 0.0344. The minimum atomic E-state index is -0.762. The van der Waals surface area contributed by atoms with Crippen molar-refractivity contribution >= 4 is 17.9 Å². The van der Waals surface area contributed by atoms with Gasteiger partial charge in [-0.3, -0.25) is 14.4 Å². The molecule has 0 aliphatic carbocycles. The van der Waals surface area contributed by atoms with Gasteiger partial charge in [0.15, 0.2) is 6.10 Å². The van der Waals surface area contributed by atoms with E-state index < -0.39 is 6.10 Å². The third kappa shape index (κ3) is 49.4. The lowest BCUT2D eigenvalue weighted by Gasteiger charge is -2.18. The van der Waals surface area contributed by atoms with Crippen LogP contribution >= 0.6 is 0 Å². The first-order valence-corrected chi connectivity index (χ1v) is 27.7. The van der Waals surface area contributed by atoms with E-state index in [1.165, 1.54) is 199 Å². The van der Waals surface area contributed by atoms with Gasteiger partial charge in [0, 0.05) is 19.3 Å². The summed E-state index contributed by atoms with van der Waals surface area (Å²) in [7, 11) is 0. The molecule has 0 aromatic rings. The van der Waals surface area contributed by atoms with E-state index in [9.17, 15) is 14.4 Å². The van der Waals surface area contributed by atoms with Gasteiger partial charge in [-0.15, -0.1) is 0 Å². The fraction of sp³-hybridized carbons (Fsp3) is 0.946. The maximum Gasteiger partial charge on any atom is 0.306 e. The zero-order valence-electron chi connectivity index (χ0n) is 42.5. The smallest absolute Gasteiger partial charge is 0.306 e. The van der Waals surface area contributed by atoms with Crippen LogP contribution in [0.4, 0.5) is 0 Å². The zero-order valence-corrected chi connectivity index (χ0v) is 42.5. The lowest BCUT2D eigenvalue weighted by Crippen LogP contribution is -2.30. The summed E-state index contributed by atoms with van der Waals surface area (Å²) in [5.41, 5.74) is 0. The van der Waals surface area contributed by atoms with Crippen LogP contribution in [0.3, 0.4) is 0 Å². The summed E-state index contributed by atoms with van der Waals surface area (Å²) >= 11 is 0. The number of carbonyl (C=O) groups excluding carboxylic acids is 3. The summed E-state index contributed by atoms with van der Waals surface area (Å²) in [6.45, 7) is 11.4. The van der Waals surface area contributed by atoms with Gasteiger partial charge in [0.25, 0.3) is 0 Å². The van der Waals surface area contributed by atoms with Crippen LogP contribution in [-0.2, 0) is 28.6 Å². The summed E-state index contributed by atoms with van der Waals surface area (Å²) in [6.07, 6.45) is 50.9. The molecule has 0 bridgehead atoms. The van der Waals surface area contributed by atoms with Gasteiger partial charge in [-0.25, -0.2) is 0 Å². The Morgan fingerprint density at radius 1 is 0.306 bits per heavy atom. The van der Waals surface area contributed by atoms with Gasteiger partial charge in [-0.05, 0) is 31.1 Å². The third-order valence-corrected chi connectivity index (χ3v) is 12.7. The first kappa shape index (κ1) is 60.4. The number of esters is 3. The van der Waals surface area contributed by atoms with Crippen molar-refractivity contribution in [3.05, 3.63) is 0 Å². The fourth-order valence-electron chi connectivity index (χ4n) is 8.52. The van der Waals surface area contributed by atoms with E-state index in [2.05, 4.69) is 34.6 Å². The molecular formula is C56H108O6. The largest absolute Gasteiger partial charge is 0.462 e. The Hall–Kier alpha value is -1.59. The lowest BCUT2D eigenvalue weighted by atomic mass is 10.0. The van der Waals surface area contributed by atoms with Gasteiger partial charge in [0.2, 0.25) is 0 Å². The topological polar surface area (TPSA) is 78.9 Å². The Labute approximate surface area is 387 Å². The molecule has 1 atom stereocenters. The van der Waals surface area contributed by atoms with Gasteiger partial charge >= 0.3 is 17.9 Å². The highest BCUT2D eigenvalue weighted by molar-refractivity contribution is 5.71. The highest BCUT2D eigenvalue weighted by atomic mass is 16.6. The molecule has 368 valence electrons. The summed E-state index contributed by atoms with van der Waals surface area (Å²) < 4.78 is 16.9. The molecule has 0 aromatic carbocycles. The first-order chi connectivity index (χ1) is 30.2. The number of hydrogen-bond acceptors (Lipinski definition) is 6. The van der Waals surface area contributed by atoms with E-state index in [0.29, 0.717) is 19.3 Å². The highest BCUT2D eigenvalue weighted by Gasteiger charge is 2.19. The molecule has 0 unspecified atom stereocenters. The van der Waals surface area contributed by atoms with Crippen molar-refractivity contribution in [2.75, 3.05) is 13.2 Å². The van der Waals surface area contributed by atoms with Crippen molar-refractivity contribution in [3.8, 4) is 0 Å². The Morgan fingerprint density at radius 2 is 0.532 bits per heavy atom. The van der Waals surface area contributed by atoms with E-state index in [4.69, 9.17) is 14.2 Å². The molecule has 0 aromatic heterocycles. The Morgan fingerprint density at radius 3 is 0.790 bits per heavy atom. The molecular weight excluding hydrogens is 769 g/mol. The fourth-order valence-corrected chi connectivity index (χ4v) is 8.52. The Balaban J connectivity index is 4.31. The van der Waals surface area contributed by atoms with Gasteiger partial charge in [-0.2, -0.15) is 0 Å². The summed E-state index contributed by atoms with van der Waals surface area (Å²) in [5.74, 6) is 0.824. The minimum Gasteiger partial charge on any atom is -0.462 e. The van der Waals surface area contributed by atoms with E-state index in [-0.39, 0.29) is 31.1 Å². The van der Waals surface area contributed by atoms with Crippen molar-refractivity contribution < 1.29 is 28.6 Å². The van der Waals surface area contributed by atoms with Crippen molar-refractivity contribution in [2.45, 2.75) is 317 Å². The molecule has 0 radical (unpaired) electrons. The van der Waals surface area contributed by atoms with Crippen molar-refractivity contribution in [1.29, 1.82) is 0 Å². The van der Waals surface area contributed by atoms with Crippen LogP contribution in [0.1, 0.15) is 311 Å². The van der Waals surface area contributed by atoms with E-state index >= 15 is 0 Å². The van der Waals surface area contributed by atoms with Gasteiger partial charge in [-0.1, -0.05) is 272 Å². The lowest BCUT2D eigenvalue weighted by molar-refractivity contribution is -0.167. The predicted octanol–water partition coefficient (Wildman–Crippen LogP) is 18.1. The maximum absolute atomic E-state index is 12.8. The Kier molecular flexibility index (Phi) is 47.6. The molecule has 0 heterocycles. The van der Waals surface area contributed by atoms with E-state index in [0.717, 1.165) is 69.6 Å². The summed E-state index contributed by atoms with van der Waals surface area (Å²) in [5, 5.41) is 0. The van der Waals surface area contributed by atoms with Crippen LogP contribution in [-0.4, -0.2) is 37.2 Å².